The molecular formula is C20H25N3O2. The molecule has 1 aliphatic rings. The fourth-order valence-electron chi connectivity index (χ4n) is 2.94. The number of ether oxygens (including phenoxy) is 1. The largest absolute Gasteiger partial charge is 0.497 e. The first-order chi connectivity index (χ1) is 12.2. The minimum absolute atomic E-state index is 0.0286. The molecule has 0 saturated heterocycles. The lowest BCUT2D eigenvalue weighted by Crippen LogP contribution is -2.45. The molecule has 1 saturated carbocycles. The van der Waals surface area contributed by atoms with Gasteiger partial charge in [0.05, 0.1) is 7.11 Å². The Hall–Kier alpha value is -2.56. The zero-order valence-corrected chi connectivity index (χ0v) is 14.8. The van der Waals surface area contributed by atoms with Crippen LogP contribution in [0.4, 0.5) is 4.79 Å². The summed E-state index contributed by atoms with van der Waals surface area (Å²) in [7, 11) is 1.66. The molecule has 1 aromatic heterocycles. The summed E-state index contributed by atoms with van der Waals surface area (Å²) in [6.07, 6.45) is 5.92. The zero-order valence-electron chi connectivity index (χ0n) is 14.8. The number of benzene rings is 1. The Labute approximate surface area is 149 Å². The lowest BCUT2D eigenvalue weighted by atomic mass is 10.1. The van der Waals surface area contributed by atoms with Crippen molar-refractivity contribution in [2.45, 2.75) is 38.9 Å². The van der Waals surface area contributed by atoms with Crippen LogP contribution in [0, 0.1) is 5.92 Å². The van der Waals surface area contributed by atoms with Crippen molar-refractivity contribution in [2.75, 3.05) is 7.11 Å². The van der Waals surface area contributed by atoms with E-state index in [1.807, 2.05) is 41.3 Å². The normalized spacial score (nSPS) is 14.6. The van der Waals surface area contributed by atoms with Crippen molar-refractivity contribution in [2.24, 2.45) is 5.92 Å². The van der Waals surface area contributed by atoms with Gasteiger partial charge in [0.2, 0.25) is 0 Å². The van der Waals surface area contributed by atoms with Gasteiger partial charge in [0.15, 0.2) is 0 Å². The molecule has 0 bridgehead atoms. The first kappa shape index (κ1) is 17.3. The summed E-state index contributed by atoms with van der Waals surface area (Å²) in [5.74, 6) is 1.44. The van der Waals surface area contributed by atoms with Crippen molar-refractivity contribution in [3.63, 3.8) is 0 Å². The summed E-state index contributed by atoms with van der Waals surface area (Å²) in [5.41, 5.74) is 2.10. The van der Waals surface area contributed by atoms with Gasteiger partial charge in [-0.1, -0.05) is 18.2 Å². The van der Waals surface area contributed by atoms with Crippen LogP contribution < -0.4 is 10.1 Å². The van der Waals surface area contributed by atoms with Crippen LogP contribution in [0.15, 0.2) is 48.8 Å². The molecular weight excluding hydrogens is 314 g/mol. The van der Waals surface area contributed by atoms with E-state index in [0.717, 1.165) is 16.9 Å². The van der Waals surface area contributed by atoms with Gasteiger partial charge in [-0.3, -0.25) is 4.98 Å². The molecule has 5 heteroatoms. The maximum atomic E-state index is 12.8. The molecule has 1 N–H and O–H groups in total. The SMILES string of the molecule is COc1ccc(CN(C(=O)NCc2cccnc2)C(C)C2CC2)cc1. The number of hydrogen-bond acceptors (Lipinski definition) is 3. The van der Waals surface area contributed by atoms with Crippen molar-refractivity contribution in [1.29, 1.82) is 0 Å². The topological polar surface area (TPSA) is 54.5 Å². The third-order valence-corrected chi connectivity index (χ3v) is 4.74. The summed E-state index contributed by atoms with van der Waals surface area (Å²) in [5, 5.41) is 3.03. The first-order valence-corrected chi connectivity index (χ1v) is 8.73. The molecule has 1 heterocycles. The summed E-state index contributed by atoms with van der Waals surface area (Å²) in [6.45, 7) is 3.23. The van der Waals surface area contributed by atoms with Gasteiger partial charge >= 0.3 is 6.03 Å². The van der Waals surface area contributed by atoms with Crippen LogP contribution in [0.3, 0.4) is 0 Å². The number of carbonyl (C=O) groups excluding carboxylic acids is 1. The highest BCUT2D eigenvalue weighted by Crippen LogP contribution is 2.35. The van der Waals surface area contributed by atoms with Crippen LogP contribution in [-0.4, -0.2) is 29.1 Å². The molecule has 1 fully saturated rings. The average molecular weight is 339 g/mol. The second kappa shape index (κ2) is 8.01. The van der Waals surface area contributed by atoms with Gasteiger partial charge in [0, 0.05) is 31.5 Å². The summed E-state index contributed by atoms with van der Waals surface area (Å²) < 4.78 is 5.21. The molecule has 0 radical (unpaired) electrons. The number of amides is 2. The van der Waals surface area contributed by atoms with Crippen LogP contribution in [0.25, 0.3) is 0 Å². The van der Waals surface area contributed by atoms with E-state index in [-0.39, 0.29) is 12.1 Å². The Bertz CT molecular complexity index is 684. The van der Waals surface area contributed by atoms with E-state index < -0.39 is 0 Å². The second-order valence-electron chi connectivity index (χ2n) is 6.57. The summed E-state index contributed by atoms with van der Waals surface area (Å²) in [6, 6.07) is 11.9. The van der Waals surface area contributed by atoms with E-state index in [2.05, 4.69) is 17.2 Å². The predicted molar refractivity (Wildman–Crippen MR) is 97.2 cm³/mol. The Kier molecular flexibility index (Phi) is 5.53. The van der Waals surface area contributed by atoms with Crippen LogP contribution in [0.5, 0.6) is 5.75 Å². The zero-order chi connectivity index (χ0) is 17.6. The van der Waals surface area contributed by atoms with Gasteiger partial charge in [0.25, 0.3) is 0 Å². The van der Waals surface area contributed by atoms with Crippen LogP contribution in [0.2, 0.25) is 0 Å². The highest BCUT2D eigenvalue weighted by Gasteiger charge is 2.34. The lowest BCUT2D eigenvalue weighted by Gasteiger charge is -2.30. The molecule has 2 amide bonds. The molecule has 1 unspecified atom stereocenters. The molecule has 1 atom stereocenters. The van der Waals surface area contributed by atoms with E-state index in [9.17, 15) is 4.79 Å². The number of nitrogens with zero attached hydrogens (tertiary/aromatic N) is 2. The monoisotopic (exact) mass is 339 g/mol. The fraction of sp³-hybridized carbons (Fsp3) is 0.400. The quantitative estimate of drug-likeness (QED) is 0.838. The third-order valence-electron chi connectivity index (χ3n) is 4.74. The van der Waals surface area contributed by atoms with E-state index in [1.54, 1.807) is 19.5 Å². The Morgan fingerprint density at radius 3 is 2.64 bits per heavy atom. The third kappa shape index (κ3) is 4.72. The molecule has 0 spiro atoms. The van der Waals surface area contributed by atoms with Crippen molar-refractivity contribution in [1.82, 2.24) is 15.2 Å². The Morgan fingerprint density at radius 1 is 1.28 bits per heavy atom. The Balaban J connectivity index is 1.66. The molecule has 132 valence electrons. The van der Waals surface area contributed by atoms with Crippen molar-refractivity contribution < 1.29 is 9.53 Å². The molecule has 0 aliphatic heterocycles. The van der Waals surface area contributed by atoms with E-state index >= 15 is 0 Å². The maximum absolute atomic E-state index is 12.8. The van der Waals surface area contributed by atoms with Crippen molar-refractivity contribution in [3.05, 3.63) is 59.9 Å². The van der Waals surface area contributed by atoms with Crippen molar-refractivity contribution >= 4 is 6.03 Å². The lowest BCUT2D eigenvalue weighted by molar-refractivity contribution is 0.167. The van der Waals surface area contributed by atoms with Crippen molar-refractivity contribution in [3.8, 4) is 5.75 Å². The number of carbonyl (C=O) groups is 1. The number of pyridine rings is 1. The molecule has 2 aromatic rings. The molecule has 25 heavy (non-hydrogen) atoms. The number of methoxy groups -OCH3 is 1. The second-order valence-corrected chi connectivity index (χ2v) is 6.57. The number of hydrogen-bond donors (Lipinski definition) is 1. The van der Waals surface area contributed by atoms with Crippen LogP contribution in [-0.2, 0) is 13.1 Å². The van der Waals surface area contributed by atoms with Gasteiger partial charge < -0.3 is 15.0 Å². The Morgan fingerprint density at radius 2 is 2.04 bits per heavy atom. The van der Waals surface area contributed by atoms with E-state index in [4.69, 9.17) is 4.74 Å². The smallest absolute Gasteiger partial charge is 0.318 e. The van der Waals surface area contributed by atoms with Crippen LogP contribution in [0.1, 0.15) is 30.9 Å². The van der Waals surface area contributed by atoms with Gasteiger partial charge in [0.1, 0.15) is 5.75 Å². The first-order valence-electron chi connectivity index (χ1n) is 8.73. The minimum atomic E-state index is -0.0286. The standard InChI is InChI=1S/C20H25N3O2/c1-15(18-7-8-18)23(14-16-5-9-19(25-2)10-6-16)20(24)22-13-17-4-3-11-21-12-17/h3-6,9-12,15,18H,7-8,13-14H2,1-2H3,(H,22,24). The highest BCUT2D eigenvalue weighted by atomic mass is 16.5. The number of aromatic nitrogens is 1. The molecule has 5 nitrogen and oxygen atoms in total. The number of urea groups is 1. The van der Waals surface area contributed by atoms with Gasteiger partial charge in [-0.05, 0) is 55.0 Å². The molecule has 3 rings (SSSR count). The highest BCUT2D eigenvalue weighted by molar-refractivity contribution is 5.74. The summed E-state index contributed by atoms with van der Waals surface area (Å²) >= 11 is 0. The van der Waals surface area contributed by atoms with Crippen LogP contribution >= 0.6 is 0 Å². The molecule has 1 aliphatic carbocycles. The minimum Gasteiger partial charge on any atom is -0.497 e. The molecule has 1 aromatic carbocycles. The van der Waals surface area contributed by atoms with E-state index in [0.29, 0.717) is 19.0 Å². The fourth-order valence-corrected chi connectivity index (χ4v) is 2.94. The predicted octanol–water partition coefficient (Wildman–Crippen LogP) is 3.60. The number of nitrogens with one attached hydrogen (secondary N) is 1. The summed E-state index contributed by atoms with van der Waals surface area (Å²) in [4.78, 5) is 18.8. The van der Waals surface area contributed by atoms with Gasteiger partial charge in [-0.15, -0.1) is 0 Å². The average Bonchev–Trinajstić information content (AvgIpc) is 3.50. The van der Waals surface area contributed by atoms with E-state index in [1.165, 1.54) is 12.8 Å². The maximum Gasteiger partial charge on any atom is 0.318 e. The van der Waals surface area contributed by atoms with Gasteiger partial charge in [-0.25, -0.2) is 4.79 Å². The van der Waals surface area contributed by atoms with Gasteiger partial charge in [-0.2, -0.15) is 0 Å². The number of rotatable bonds is 7.